The zero-order chi connectivity index (χ0) is 19.9. The zero-order valence-corrected chi connectivity index (χ0v) is 16.7. The zero-order valence-electron chi connectivity index (χ0n) is 16.7. The molecular weight excluding hydrogens is 364 g/mol. The number of rotatable bonds is 8. The molecule has 0 bridgehead atoms. The van der Waals surface area contributed by atoms with Crippen LogP contribution in [-0.4, -0.2) is 44.4 Å². The molecule has 5 heteroatoms. The fourth-order valence-electron chi connectivity index (χ4n) is 3.57. The minimum atomic E-state index is 0.505. The van der Waals surface area contributed by atoms with Crippen molar-refractivity contribution in [2.45, 2.75) is 13.0 Å². The number of benzene rings is 3. The first kappa shape index (κ1) is 19.6. The average molecular weight is 392 g/mol. The van der Waals surface area contributed by atoms with Crippen molar-refractivity contribution >= 4 is 16.5 Å². The summed E-state index contributed by atoms with van der Waals surface area (Å²) in [5, 5.41) is 2.05. The van der Waals surface area contributed by atoms with Crippen molar-refractivity contribution in [2.75, 3.05) is 45.2 Å². The van der Waals surface area contributed by atoms with E-state index in [1.54, 1.807) is 0 Å². The topological polar surface area (TPSA) is 57.0 Å². The second-order valence-electron chi connectivity index (χ2n) is 7.29. The van der Waals surface area contributed by atoms with E-state index in [1.165, 1.54) is 0 Å². The standard InChI is InChI=1S/C24H28N2O3/c25-23-10-11-24(22-5-2-1-4-21(22)23)29-18-19-6-8-20(9-7-19)28-15-3-12-26-13-16-27-17-14-26/h1-2,4-11H,3,12-18,25H2. The van der Waals surface area contributed by atoms with Crippen LogP contribution in [0.25, 0.3) is 10.8 Å². The van der Waals surface area contributed by atoms with Crippen LogP contribution in [0.1, 0.15) is 12.0 Å². The number of nitrogen functional groups attached to an aromatic ring is 1. The van der Waals surface area contributed by atoms with Crippen LogP contribution in [0.4, 0.5) is 5.69 Å². The molecule has 5 nitrogen and oxygen atoms in total. The molecule has 0 aromatic heterocycles. The fraction of sp³-hybridized carbons (Fsp3) is 0.333. The number of anilines is 1. The summed E-state index contributed by atoms with van der Waals surface area (Å²) >= 11 is 0. The van der Waals surface area contributed by atoms with E-state index in [4.69, 9.17) is 19.9 Å². The lowest BCUT2D eigenvalue weighted by Gasteiger charge is -2.26. The van der Waals surface area contributed by atoms with Crippen LogP contribution in [0, 0.1) is 0 Å². The van der Waals surface area contributed by atoms with Gasteiger partial charge < -0.3 is 19.9 Å². The van der Waals surface area contributed by atoms with Crippen LogP contribution in [-0.2, 0) is 11.3 Å². The largest absolute Gasteiger partial charge is 0.494 e. The second-order valence-corrected chi connectivity index (χ2v) is 7.29. The van der Waals surface area contributed by atoms with Crippen molar-refractivity contribution in [1.82, 2.24) is 4.90 Å². The predicted molar refractivity (Wildman–Crippen MR) is 117 cm³/mol. The molecule has 29 heavy (non-hydrogen) atoms. The van der Waals surface area contributed by atoms with E-state index in [9.17, 15) is 0 Å². The SMILES string of the molecule is Nc1ccc(OCc2ccc(OCCCN3CCOCC3)cc2)c2ccccc12. The highest BCUT2D eigenvalue weighted by molar-refractivity contribution is 5.96. The minimum absolute atomic E-state index is 0.505. The molecule has 0 unspecified atom stereocenters. The summed E-state index contributed by atoms with van der Waals surface area (Å²) < 4.78 is 17.3. The summed E-state index contributed by atoms with van der Waals surface area (Å²) in [4.78, 5) is 2.42. The smallest absolute Gasteiger partial charge is 0.127 e. The maximum absolute atomic E-state index is 6.06. The van der Waals surface area contributed by atoms with Crippen LogP contribution in [0.2, 0.25) is 0 Å². The third-order valence-electron chi connectivity index (χ3n) is 5.23. The Hall–Kier alpha value is -2.76. The van der Waals surface area contributed by atoms with E-state index in [-0.39, 0.29) is 0 Å². The number of nitrogens with zero attached hydrogens (tertiary/aromatic N) is 1. The van der Waals surface area contributed by atoms with Crippen LogP contribution in [0.5, 0.6) is 11.5 Å². The van der Waals surface area contributed by atoms with Crippen molar-refractivity contribution < 1.29 is 14.2 Å². The van der Waals surface area contributed by atoms with Crippen LogP contribution in [0.15, 0.2) is 60.7 Å². The number of fused-ring (bicyclic) bond motifs is 1. The molecular formula is C24H28N2O3. The molecule has 1 heterocycles. The van der Waals surface area contributed by atoms with Crippen molar-refractivity contribution in [3.05, 3.63) is 66.2 Å². The van der Waals surface area contributed by atoms with E-state index in [0.29, 0.717) is 6.61 Å². The second kappa shape index (κ2) is 9.63. The summed E-state index contributed by atoms with van der Waals surface area (Å²) in [5.74, 6) is 1.74. The van der Waals surface area contributed by atoms with Crippen molar-refractivity contribution in [3.63, 3.8) is 0 Å². The monoisotopic (exact) mass is 392 g/mol. The van der Waals surface area contributed by atoms with Gasteiger partial charge in [-0.3, -0.25) is 4.90 Å². The van der Waals surface area contributed by atoms with Gasteiger partial charge in [-0.05, 0) is 36.2 Å². The first-order chi connectivity index (χ1) is 14.3. The Morgan fingerprint density at radius 3 is 2.41 bits per heavy atom. The molecule has 1 aliphatic rings. The quantitative estimate of drug-likeness (QED) is 0.462. The molecule has 3 aromatic carbocycles. The Bertz CT molecular complexity index is 921. The van der Waals surface area contributed by atoms with Crippen molar-refractivity contribution in [1.29, 1.82) is 0 Å². The number of hydrogen-bond donors (Lipinski definition) is 1. The van der Waals surface area contributed by atoms with E-state index < -0.39 is 0 Å². The summed E-state index contributed by atoms with van der Waals surface area (Å²) in [7, 11) is 0. The van der Waals surface area contributed by atoms with Gasteiger partial charge in [0.15, 0.2) is 0 Å². The minimum Gasteiger partial charge on any atom is -0.494 e. The number of nitrogens with two attached hydrogens (primary N) is 1. The molecule has 3 aromatic rings. The first-order valence-electron chi connectivity index (χ1n) is 10.2. The molecule has 0 aliphatic carbocycles. The van der Waals surface area contributed by atoms with Gasteiger partial charge in [-0.25, -0.2) is 0 Å². The molecule has 0 spiro atoms. The maximum atomic E-state index is 6.06. The molecule has 152 valence electrons. The highest BCUT2D eigenvalue weighted by Crippen LogP contribution is 2.30. The summed E-state index contributed by atoms with van der Waals surface area (Å²) in [6.07, 6.45) is 1.02. The van der Waals surface area contributed by atoms with Gasteiger partial charge in [-0.15, -0.1) is 0 Å². The first-order valence-corrected chi connectivity index (χ1v) is 10.2. The van der Waals surface area contributed by atoms with Gasteiger partial charge >= 0.3 is 0 Å². The Balaban J connectivity index is 1.26. The van der Waals surface area contributed by atoms with Gasteiger partial charge in [0.1, 0.15) is 18.1 Å². The normalized spacial score (nSPS) is 14.8. The van der Waals surface area contributed by atoms with Gasteiger partial charge in [0, 0.05) is 36.1 Å². The molecule has 0 saturated carbocycles. The number of morpholine rings is 1. The maximum Gasteiger partial charge on any atom is 0.127 e. The lowest BCUT2D eigenvalue weighted by molar-refractivity contribution is 0.0358. The Morgan fingerprint density at radius 2 is 1.62 bits per heavy atom. The van der Waals surface area contributed by atoms with Gasteiger partial charge in [-0.2, -0.15) is 0 Å². The Labute approximate surface area is 172 Å². The molecule has 2 N–H and O–H groups in total. The van der Waals surface area contributed by atoms with Crippen LogP contribution >= 0.6 is 0 Å². The molecule has 4 rings (SSSR count). The highest BCUT2D eigenvalue weighted by Gasteiger charge is 2.09. The molecule has 0 amide bonds. The average Bonchev–Trinajstić information content (AvgIpc) is 2.78. The molecule has 1 saturated heterocycles. The number of hydrogen-bond acceptors (Lipinski definition) is 5. The van der Waals surface area contributed by atoms with E-state index in [1.807, 2.05) is 48.5 Å². The predicted octanol–water partition coefficient (Wildman–Crippen LogP) is 4.10. The van der Waals surface area contributed by atoms with Crippen molar-refractivity contribution in [3.8, 4) is 11.5 Å². The van der Waals surface area contributed by atoms with Crippen LogP contribution < -0.4 is 15.2 Å². The Kier molecular flexibility index (Phi) is 6.49. The molecule has 1 fully saturated rings. The van der Waals surface area contributed by atoms with Crippen molar-refractivity contribution in [2.24, 2.45) is 0 Å². The lowest BCUT2D eigenvalue weighted by Crippen LogP contribution is -2.37. The van der Waals surface area contributed by atoms with Gasteiger partial charge in [-0.1, -0.05) is 36.4 Å². The highest BCUT2D eigenvalue weighted by atomic mass is 16.5. The molecule has 0 radical (unpaired) electrons. The van der Waals surface area contributed by atoms with E-state index in [0.717, 1.165) is 79.4 Å². The van der Waals surface area contributed by atoms with Gasteiger partial charge in [0.2, 0.25) is 0 Å². The number of ether oxygens (including phenoxy) is 3. The van der Waals surface area contributed by atoms with Gasteiger partial charge in [0.25, 0.3) is 0 Å². The molecule has 0 atom stereocenters. The third-order valence-corrected chi connectivity index (χ3v) is 5.23. The van der Waals surface area contributed by atoms with Gasteiger partial charge in [0.05, 0.1) is 19.8 Å². The Morgan fingerprint density at radius 1 is 0.862 bits per heavy atom. The fourth-order valence-corrected chi connectivity index (χ4v) is 3.57. The lowest BCUT2D eigenvalue weighted by atomic mass is 10.1. The molecule has 1 aliphatic heterocycles. The van der Waals surface area contributed by atoms with Crippen LogP contribution in [0.3, 0.4) is 0 Å². The summed E-state index contributed by atoms with van der Waals surface area (Å²) in [6, 6.07) is 20.0. The summed E-state index contributed by atoms with van der Waals surface area (Å²) in [6.45, 7) is 6.03. The van der Waals surface area contributed by atoms with E-state index >= 15 is 0 Å². The third kappa shape index (κ3) is 5.19. The summed E-state index contributed by atoms with van der Waals surface area (Å²) in [5.41, 5.74) is 7.93. The van der Waals surface area contributed by atoms with E-state index in [2.05, 4.69) is 17.0 Å².